The second kappa shape index (κ2) is 5.90. The molecule has 124 valence electrons. The van der Waals surface area contributed by atoms with Crippen LogP contribution in [0.5, 0.6) is 0 Å². The number of aromatic nitrogens is 2. The Balaban J connectivity index is 1.57. The predicted molar refractivity (Wildman–Crippen MR) is 91.5 cm³/mol. The van der Waals surface area contributed by atoms with Gasteiger partial charge in [0.2, 0.25) is 5.76 Å². The van der Waals surface area contributed by atoms with Gasteiger partial charge in [0.15, 0.2) is 0 Å². The molecule has 0 aliphatic heterocycles. The molecule has 25 heavy (non-hydrogen) atoms. The van der Waals surface area contributed by atoms with Gasteiger partial charge < -0.3 is 9.15 Å². The second-order valence-electron chi connectivity index (χ2n) is 5.67. The van der Waals surface area contributed by atoms with Gasteiger partial charge >= 0.3 is 5.97 Å². The number of benzene rings is 1. The minimum atomic E-state index is -0.595. The maximum Gasteiger partial charge on any atom is 0.374 e. The van der Waals surface area contributed by atoms with Crippen LogP contribution in [0.25, 0.3) is 16.6 Å². The van der Waals surface area contributed by atoms with Crippen LogP contribution < -0.4 is 5.56 Å². The summed E-state index contributed by atoms with van der Waals surface area (Å²) in [4.78, 5) is 28.7. The maximum absolute atomic E-state index is 12.2. The number of carbonyl (C=O) groups is 1. The van der Waals surface area contributed by atoms with E-state index in [9.17, 15) is 9.59 Å². The lowest BCUT2D eigenvalue weighted by atomic mass is 10.2. The number of para-hydroxylation sites is 1. The molecule has 0 unspecified atom stereocenters. The smallest absolute Gasteiger partial charge is 0.374 e. The highest BCUT2D eigenvalue weighted by molar-refractivity contribution is 5.92. The summed E-state index contributed by atoms with van der Waals surface area (Å²) in [7, 11) is 0. The van der Waals surface area contributed by atoms with Gasteiger partial charge in [0.1, 0.15) is 17.8 Å². The third kappa shape index (κ3) is 2.78. The van der Waals surface area contributed by atoms with Crippen LogP contribution in [0.2, 0.25) is 0 Å². The van der Waals surface area contributed by atoms with Crippen molar-refractivity contribution < 1.29 is 13.9 Å². The van der Waals surface area contributed by atoms with E-state index >= 15 is 0 Å². The van der Waals surface area contributed by atoms with Crippen molar-refractivity contribution in [3.63, 3.8) is 0 Å². The topological polar surface area (TPSA) is 73.8 Å². The fraction of sp³-hybridized carbons (Fsp3) is 0.105. The van der Waals surface area contributed by atoms with Gasteiger partial charge in [0, 0.05) is 17.1 Å². The number of hydrogen-bond donors (Lipinski definition) is 0. The quantitative estimate of drug-likeness (QED) is 0.538. The molecule has 3 heterocycles. The highest BCUT2D eigenvalue weighted by atomic mass is 16.5. The molecule has 0 fully saturated rings. The second-order valence-corrected chi connectivity index (χ2v) is 5.67. The zero-order valence-corrected chi connectivity index (χ0v) is 13.4. The number of rotatable bonds is 3. The zero-order valence-electron chi connectivity index (χ0n) is 13.4. The number of furan rings is 1. The van der Waals surface area contributed by atoms with Gasteiger partial charge in [-0.3, -0.25) is 9.20 Å². The summed E-state index contributed by atoms with van der Waals surface area (Å²) in [6.45, 7) is 1.73. The van der Waals surface area contributed by atoms with Crippen LogP contribution in [0.15, 0.2) is 63.8 Å². The number of nitrogens with zero attached hydrogens (tertiary/aromatic N) is 2. The summed E-state index contributed by atoms with van der Waals surface area (Å²) >= 11 is 0. The molecular formula is C19H14N2O4. The Labute approximate surface area is 142 Å². The minimum absolute atomic E-state index is 0.102. The fourth-order valence-corrected chi connectivity index (χ4v) is 2.73. The first kappa shape index (κ1) is 15.1. The highest BCUT2D eigenvalue weighted by Crippen LogP contribution is 2.19. The molecule has 4 rings (SSSR count). The van der Waals surface area contributed by atoms with E-state index in [2.05, 4.69) is 4.98 Å². The number of aryl methyl sites for hydroxylation is 1. The number of hydrogen-bond acceptors (Lipinski definition) is 5. The van der Waals surface area contributed by atoms with Crippen LogP contribution in [-0.4, -0.2) is 15.4 Å². The van der Waals surface area contributed by atoms with Crippen LogP contribution in [0.3, 0.4) is 0 Å². The van der Waals surface area contributed by atoms with Crippen molar-refractivity contribution in [2.75, 3.05) is 0 Å². The summed E-state index contributed by atoms with van der Waals surface area (Å²) in [5.41, 5.74) is 2.10. The van der Waals surface area contributed by atoms with Crippen molar-refractivity contribution in [3.8, 4) is 0 Å². The van der Waals surface area contributed by atoms with Crippen LogP contribution in [0.1, 0.15) is 21.9 Å². The molecule has 0 aliphatic rings. The van der Waals surface area contributed by atoms with E-state index in [1.54, 1.807) is 18.2 Å². The van der Waals surface area contributed by atoms with Gasteiger partial charge in [-0.05, 0) is 31.2 Å². The van der Waals surface area contributed by atoms with Crippen LogP contribution in [0.4, 0.5) is 0 Å². The zero-order chi connectivity index (χ0) is 17.4. The molecule has 0 amide bonds. The van der Waals surface area contributed by atoms with Crippen molar-refractivity contribution in [3.05, 3.63) is 82.1 Å². The number of fused-ring (bicyclic) bond motifs is 2. The van der Waals surface area contributed by atoms with Gasteiger partial charge in [-0.2, -0.15) is 0 Å². The third-order valence-corrected chi connectivity index (χ3v) is 3.91. The Morgan fingerprint density at radius 2 is 2.00 bits per heavy atom. The molecule has 4 aromatic rings. The van der Waals surface area contributed by atoms with E-state index in [0.717, 1.165) is 11.1 Å². The minimum Gasteiger partial charge on any atom is -0.453 e. The molecule has 0 radical (unpaired) electrons. The largest absolute Gasteiger partial charge is 0.453 e. The van der Waals surface area contributed by atoms with E-state index in [1.165, 1.54) is 10.5 Å². The summed E-state index contributed by atoms with van der Waals surface area (Å²) in [5, 5.41) is 0.826. The van der Waals surface area contributed by atoms with E-state index in [1.807, 2.05) is 37.3 Å². The molecule has 3 aromatic heterocycles. The van der Waals surface area contributed by atoms with Crippen LogP contribution >= 0.6 is 0 Å². The van der Waals surface area contributed by atoms with Gasteiger partial charge in [0.25, 0.3) is 5.56 Å². The van der Waals surface area contributed by atoms with Crippen molar-refractivity contribution in [2.24, 2.45) is 0 Å². The molecule has 1 aromatic carbocycles. The SMILES string of the molecule is Cc1cccc2nc(COC(=O)c3cc4ccccc4o3)cc(=O)n12. The highest BCUT2D eigenvalue weighted by Gasteiger charge is 2.14. The van der Waals surface area contributed by atoms with Gasteiger partial charge in [-0.15, -0.1) is 0 Å². The normalized spacial score (nSPS) is 11.1. The van der Waals surface area contributed by atoms with Gasteiger partial charge in [0.05, 0.1) is 5.69 Å². The molecule has 0 atom stereocenters. The number of esters is 1. The molecule has 0 saturated carbocycles. The summed E-state index contributed by atoms with van der Waals surface area (Å²) < 4.78 is 12.2. The molecule has 0 spiro atoms. The standard InChI is InChI=1S/C19H14N2O4/c1-12-5-4-8-17-20-14(10-18(22)21(12)17)11-24-19(23)16-9-13-6-2-3-7-15(13)25-16/h2-10H,11H2,1H3. The van der Waals surface area contributed by atoms with Crippen LogP contribution in [-0.2, 0) is 11.3 Å². The lowest BCUT2D eigenvalue weighted by Crippen LogP contribution is -2.18. The van der Waals surface area contributed by atoms with Crippen molar-refractivity contribution in [1.82, 2.24) is 9.38 Å². The fourth-order valence-electron chi connectivity index (χ4n) is 2.73. The molecule has 0 aliphatic carbocycles. The van der Waals surface area contributed by atoms with E-state index < -0.39 is 5.97 Å². The Morgan fingerprint density at radius 1 is 1.16 bits per heavy atom. The van der Waals surface area contributed by atoms with E-state index in [0.29, 0.717) is 16.9 Å². The first-order chi connectivity index (χ1) is 12.1. The Kier molecular flexibility index (Phi) is 3.57. The Bertz CT molecular complexity index is 1120. The van der Waals surface area contributed by atoms with Gasteiger partial charge in [-0.1, -0.05) is 24.3 Å². The average Bonchev–Trinajstić information content (AvgIpc) is 3.03. The first-order valence-corrected chi connectivity index (χ1v) is 7.76. The lowest BCUT2D eigenvalue weighted by molar-refractivity contribution is 0.0434. The number of ether oxygens (including phenoxy) is 1. The summed E-state index contributed by atoms with van der Waals surface area (Å²) in [6, 6.07) is 15.7. The average molecular weight is 334 g/mol. The lowest BCUT2D eigenvalue weighted by Gasteiger charge is -2.06. The Hall–Kier alpha value is -3.41. The van der Waals surface area contributed by atoms with Gasteiger partial charge in [-0.25, -0.2) is 9.78 Å². The number of pyridine rings is 1. The number of carbonyl (C=O) groups excluding carboxylic acids is 1. The first-order valence-electron chi connectivity index (χ1n) is 7.76. The maximum atomic E-state index is 12.2. The molecule has 6 nitrogen and oxygen atoms in total. The molecule has 0 saturated heterocycles. The predicted octanol–water partition coefficient (Wildman–Crippen LogP) is 3.11. The van der Waals surface area contributed by atoms with Crippen molar-refractivity contribution in [2.45, 2.75) is 13.5 Å². The van der Waals surface area contributed by atoms with Crippen molar-refractivity contribution >= 4 is 22.6 Å². The molecule has 0 bridgehead atoms. The molecular weight excluding hydrogens is 320 g/mol. The molecule has 0 N–H and O–H groups in total. The van der Waals surface area contributed by atoms with E-state index in [4.69, 9.17) is 9.15 Å². The third-order valence-electron chi connectivity index (χ3n) is 3.91. The molecule has 6 heteroatoms. The summed E-state index contributed by atoms with van der Waals surface area (Å²) in [5.74, 6) is -0.475. The van der Waals surface area contributed by atoms with E-state index in [-0.39, 0.29) is 17.9 Å². The van der Waals surface area contributed by atoms with Crippen LogP contribution in [0, 0.1) is 6.92 Å². The summed E-state index contributed by atoms with van der Waals surface area (Å²) in [6.07, 6.45) is 0. The van der Waals surface area contributed by atoms with Crippen molar-refractivity contribution in [1.29, 1.82) is 0 Å². The monoisotopic (exact) mass is 334 g/mol. The Morgan fingerprint density at radius 3 is 2.84 bits per heavy atom.